The van der Waals surface area contributed by atoms with Crippen molar-refractivity contribution in [3.63, 3.8) is 0 Å². The van der Waals surface area contributed by atoms with Gasteiger partial charge < -0.3 is 29.7 Å². The second-order valence-corrected chi connectivity index (χ2v) is 11.9. The number of aliphatic hydroxyl groups excluding tert-OH is 1. The lowest BCUT2D eigenvalue weighted by Crippen LogP contribution is -2.59. The third-order valence-corrected chi connectivity index (χ3v) is 8.65. The molecule has 3 atom stereocenters. The van der Waals surface area contributed by atoms with Crippen LogP contribution in [0.4, 0.5) is 26.1 Å². The molecule has 14 heteroatoms. The molecule has 12 nitrogen and oxygen atoms in total. The number of nitriles is 1. The summed E-state index contributed by atoms with van der Waals surface area (Å²) in [5, 5.41) is 22.5. The minimum absolute atomic E-state index is 0.00000787. The van der Waals surface area contributed by atoms with Crippen LogP contribution >= 0.6 is 0 Å². The number of likely N-dealkylation sites (tertiary alicyclic amines) is 1. The zero-order chi connectivity index (χ0) is 32.4. The van der Waals surface area contributed by atoms with E-state index in [1.54, 1.807) is 6.07 Å². The highest BCUT2D eigenvalue weighted by molar-refractivity contribution is 5.80. The monoisotopic (exact) mass is 634 g/mol. The number of nitrogens with zero attached hydrogens (tertiary/aromatic N) is 7. The van der Waals surface area contributed by atoms with Gasteiger partial charge in [0.1, 0.15) is 24.3 Å². The molecule has 0 bridgehead atoms. The number of aromatic nitrogens is 3. The van der Waals surface area contributed by atoms with E-state index >= 15 is 0 Å². The summed E-state index contributed by atoms with van der Waals surface area (Å²) in [6.45, 7) is 7.20. The van der Waals surface area contributed by atoms with Crippen molar-refractivity contribution in [2.45, 2.75) is 50.5 Å². The fraction of sp³-hybridized carbons (Fsp3) is 0.469. The first-order valence-corrected chi connectivity index (χ1v) is 15.3. The molecule has 2 N–H and O–H groups in total. The van der Waals surface area contributed by atoms with E-state index in [1.165, 1.54) is 25.4 Å². The summed E-state index contributed by atoms with van der Waals surface area (Å²) in [4.78, 5) is 30.8. The van der Waals surface area contributed by atoms with Gasteiger partial charge in [0.05, 0.1) is 31.4 Å². The molecule has 242 valence electrons. The van der Waals surface area contributed by atoms with E-state index in [-0.39, 0.29) is 30.1 Å². The number of aliphatic hydroxyl groups is 1. The number of piperidine rings is 1. The number of carbonyl (C=O) groups is 1. The largest absolute Gasteiger partial charge is 0.483 e. The van der Waals surface area contributed by atoms with Gasteiger partial charge in [0.25, 0.3) is 5.91 Å². The number of hydrogen-bond acceptors (Lipinski definition) is 11. The van der Waals surface area contributed by atoms with E-state index in [1.807, 2.05) is 18.2 Å². The zero-order valence-corrected chi connectivity index (χ0v) is 25.6. The molecular formula is C32H36F2N8O4. The van der Waals surface area contributed by atoms with Gasteiger partial charge in [0, 0.05) is 55.6 Å². The van der Waals surface area contributed by atoms with Gasteiger partial charge in [-0.2, -0.15) is 10.2 Å². The first-order chi connectivity index (χ1) is 22.1. The van der Waals surface area contributed by atoms with Crippen molar-refractivity contribution in [3.8, 4) is 23.2 Å². The number of nitrogens with one attached hydrogen (secondary N) is 1. The molecule has 0 saturated carbocycles. The fourth-order valence-electron chi connectivity index (χ4n) is 6.03. The van der Waals surface area contributed by atoms with E-state index in [9.17, 15) is 23.9 Å². The summed E-state index contributed by atoms with van der Waals surface area (Å²) in [5.41, 5.74) is 2.46. The molecule has 3 fully saturated rings. The summed E-state index contributed by atoms with van der Waals surface area (Å²) in [6, 6.07) is 15.5. The van der Waals surface area contributed by atoms with Crippen molar-refractivity contribution in [1.82, 2.24) is 24.8 Å². The third-order valence-electron chi connectivity index (χ3n) is 8.65. The first-order valence-electron chi connectivity index (χ1n) is 15.3. The Bertz CT molecular complexity index is 1600. The van der Waals surface area contributed by atoms with Crippen molar-refractivity contribution in [3.05, 3.63) is 54.4 Å². The van der Waals surface area contributed by atoms with Gasteiger partial charge in [-0.25, -0.2) is 18.7 Å². The molecule has 46 heavy (non-hydrogen) atoms. The van der Waals surface area contributed by atoms with Gasteiger partial charge in [0.15, 0.2) is 11.9 Å². The third kappa shape index (κ3) is 6.72. The fourth-order valence-corrected chi connectivity index (χ4v) is 6.03. The predicted octanol–water partition coefficient (Wildman–Crippen LogP) is 3.06. The molecule has 0 unspecified atom stereocenters. The topological polar surface area (TPSA) is 140 Å². The summed E-state index contributed by atoms with van der Waals surface area (Å²) in [6.07, 6.45) is -1.72. The second-order valence-electron chi connectivity index (χ2n) is 11.9. The maximum Gasteiger partial charge on any atom is 0.301 e. The highest BCUT2D eigenvalue weighted by atomic mass is 19.3. The molecule has 0 spiro atoms. The zero-order valence-electron chi connectivity index (χ0n) is 25.6. The van der Waals surface area contributed by atoms with Crippen LogP contribution in [0.15, 0.2) is 48.8 Å². The Morgan fingerprint density at radius 3 is 2.61 bits per heavy atom. The van der Waals surface area contributed by atoms with Gasteiger partial charge in [0.2, 0.25) is 5.95 Å². The Morgan fingerprint density at radius 1 is 1.17 bits per heavy atom. The van der Waals surface area contributed by atoms with E-state index < -0.39 is 30.6 Å². The predicted molar refractivity (Wildman–Crippen MR) is 165 cm³/mol. The molecule has 3 saturated heterocycles. The Balaban J connectivity index is 1.10. The van der Waals surface area contributed by atoms with Crippen LogP contribution in [0.5, 0.6) is 5.75 Å². The maximum atomic E-state index is 14.9. The summed E-state index contributed by atoms with van der Waals surface area (Å²) < 4.78 is 40.8. The lowest BCUT2D eigenvalue weighted by atomic mass is 10.0. The minimum Gasteiger partial charge on any atom is -0.483 e. The first kappa shape index (κ1) is 31.5. The lowest BCUT2D eigenvalue weighted by molar-refractivity contribution is -0.165. The van der Waals surface area contributed by atoms with Crippen LogP contribution in [0.25, 0.3) is 11.4 Å². The molecular weight excluding hydrogens is 598 g/mol. The number of benzene rings is 2. The average molecular weight is 635 g/mol. The molecule has 1 aromatic heterocycles. The number of hydrogen-bond donors (Lipinski definition) is 2. The Morgan fingerprint density at radius 2 is 1.96 bits per heavy atom. The van der Waals surface area contributed by atoms with Crippen molar-refractivity contribution in [2.75, 3.05) is 56.2 Å². The molecule has 4 heterocycles. The van der Waals surface area contributed by atoms with Crippen LogP contribution in [-0.4, -0.2) is 112 Å². The number of amides is 1. The average Bonchev–Trinajstić information content (AvgIpc) is 3.01. The molecule has 3 aromatic rings. The van der Waals surface area contributed by atoms with Crippen molar-refractivity contribution in [2.24, 2.45) is 0 Å². The number of rotatable bonds is 8. The van der Waals surface area contributed by atoms with Crippen LogP contribution in [-0.2, 0) is 9.53 Å². The molecule has 0 aliphatic carbocycles. The standard InChI is InChI=1S/C32H36F2N8O4/c1-20-15-40(26-16-45-17-26)11-12-42(20)25-6-4-24(5-7-25)38-31-37-19-36-29(39-31)22-3-8-27(23(13-22)14-35)46-28-9-10-41(18-32(28,33)34)30(44)21(2)43/h3-8,13,19-21,26,28,43H,9-12,15-18H2,1-2H3,(H,36,37,38,39)/t20-,21-,28-/m0/s1. The van der Waals surface area contributed by atoms with Crippen LogP contribution in [0.3, 0.4) is 0 Å². The van der Waals surface area contributed by atoms with E-state index in [2.05, 4.69) is 49.1 Å². The molecule has 6 rings (SSSR count). The second kappa shape index (κ2) is 13.1. The SMILES string of the molecule is C[C@H](O)C(=O)N1CC[C@H](Oc2ccc(-c3ncnc(Nc4ccc(N5CCN(C6COC6)C[C@@H]5C)cc4)n3)cc2C#N)C(F)(F)C1. The van der Waals surface area contributed by atoms with E-state index in [4.69, 9.17) is 9.47 Å². The Labute approximate surface area is 265 Å². The highest BCUT2D eigenvalue weighted by Gasteiger charge is 2.48. The van der Waals surface area contributed by atoms with Crippen LogP contribution in [0.1, 0.15) is 25.8 Å². The number of anilines is 3. The van der Waals surface area contributed by atoms with Gasteiger partial charge in [-0.05, 0) is 56.3 Å². The summed E-state index contributed by atoms with van der Waals surface area (Å²) in [7, 11) is 0. The van der Waals surface area contributed by atoms with E-state index in [0.717, 1.165) is 49.1 Å². The normalized spacial score (nSPS) is 22.4. The number of ether oxygens (including phenoxy) is 2. The van der Waals surface area contributed by atoms with Gasteiger partial charge in [-0.1, -0.05) is 0 Å². The number of carbonyl (C=O) groups excluding carboxylic acids is 1. The van der Waals surface area contributed by atoms with Gasteiger partial charge >= 0.3 is 5.92 Å². The van der Waals surface area contributed by atoms with Crippen molar-refractivity contribution >= 4 is 23.2 Å². The molecule has 0 radical (unpaired) electrons. The van der Waals surface area contributed by atoms with Crippen LogP contribution in [0, 0.1) is 11.3 Å². The van der Waals surface area contributed by atoms with Crippen molar-refractivity contribution in [1.29, 1.82) is 5.26 Å². The molecule has 3 aliphatic heterocycles. The minimum atomic E-state index is -3.38. The Hall–Kier alpha value is -4.45. The van der Waals surface area contributed by atoms with E-state index in [0.29, 0.717) is 23.6 Å². The van der Waals surface area contributed by atoms with Crippen LogP contribution in [0.2, 0.25) is 0 Å². The van der Waals surface area contributed by atoms with Gasteiger partial charge in [-0.15, -0.1) is 0 Å². The molecule has 3 aliphatic rings. The number of piperazine rings is 1. The smallest absolute Gasteiger partial charge is 0.301 e. The lowest BCUT2D eigenvalue weighted by Gasteiger charge is -2.46. The van der Waals surface area contributed by atoms with Crippen molar-refractivity contribution < 1.29 is 28.2 Å². The van der Waals surface area contributed by atoms with Gasteiger partial charge in [-0.3, -0.25) is 9.69 Å². The Kier molecular flexibility index (Phi) is 8.99. The molecule has 2 aromatic carbocycles. The maximum absolute atomic E-state index is 14.9. The summed E-state index contributed by atoms with van der Waals surface area (Å²) >= 11 is 0. The number of halogens is 2. The quantitative estimate of drug-likeness (QED) is 0.378. The van der Waals surface area contributed by atoms with Crippen LogP contribution < -0.4 is 15.0 Å². The summed E-state index contributed by atoms with van der Waals surface area (Å²) in [5.74, 6) is -3.55. The highest BCUT2D eigenvalue weighted by Crippen LogP contribution is 2.34. The molecule has 1 amide bonds. The number of alkyl halides is 2.